The van der Waals surface area contributed by atoms with Gasteiger partial charge in [0.05, 0.1) is 17.2 Å². The van der Waals surface area contributed by atoms with Gasteiger partial charge < -0.3 is 14.4 Å². The van der Waals surface area contributed by atoms with Crippen LogP contribution in [0.15, 0.2) is 41.3 Å². The summed E-state index contributed by atoms with van der Waals surface area (Å²) in [6.45, 7) is 0.801. The van der Waals surface area contributed by atoms with Gasteiger partial charge in [0.15, 0.2) is 0 Å². The highest BCUT2D eigenvalue weighted by Gasteiger charge is 2.04. The maximum absolute atomic E-state index is 11.8. The number of aromatic carboxylic acids is 1. The zero-order valence-electron chi connectivity index (χ0n) is 11.5. The minimum Gasteiger partial charge on any atom is -0.494 e. The first-order chi connectivity index (χ1) is 10.5. The van der Waals surface area contributed by atoms with Gasteiger partial charge in [-0.1, -0.05) is 23.2 Å². The van der Waals surface area contributed by atoms with E-state index in [1.807, 2.05) is 0 Å². The average molecular weight is 342 g/mol. The van der Waals surface area contributed by atoms with E-state index < -0.39 is 5.97 Å². The van der Waals surface area contributed by atoms with Crippen LogP contribution in [-0.4, -0.2) is 22.2 Å². The molecule has 0 aliphatic heterocycles. The number of benzene rings is 1. The number of hydrogen-bond acceptors (Lipinski definition) is 3. The minimum absolute atomic E-state index is 0.0812. The van der Waals surface area contributed by atoms with E-state index in [1.165, 1.54) is 29.0 Å². The van der Waals surface area contributed by atoms with Crippen molar-refractivity contribution in [3.05, 3.63) is 62.5 Å². The zero-order valence-corrected chi connectivity index (χ0v) is 13.0. The van der Waals surface area contributed by atoms with Crippen LogP contribution < -0.4 is 10.3 Å². The van der Waals surface area contributed by atoms with E-state index in [-0.39, 0.29) is 16.1 Å². The summed E-state index contributed by atoms with van der Waals surface area (Å²) in [6.07, 6.45) is 2.11. The van der Waals surface area contributed by atoms with Crippen molar-refractivity contribution in [3.63, 3.8) is 0 Å². The lowest BCUT2D eigenvalue weighted by Gasteiger charge is -2.09. The van der Waals surface area contributed by atoms with Gasteiger partial charge in [0.1, 0.15) is 10.8 Å². The van der Waals surface area contributed by atoms with Crippen LogP contribution in [0.1, 0.15) is 16.8 Å². The van der Waals surface area contributed by atoms with E-state index in [2.05, 4.69) is 0 Å². The van der Waals surface area contributed by atoms with Gasteiger partial charge >= 0.3 is 5.97 Å². The third kappa shape index (κ3) is 4.26. The Balaban J connectivity index is 1.87. The molecule has 0 unspecified atom stereocenters. The normalized spacial score (nSPS) is 10.5. The molecule has 0 bridgehead atoms. The van der Waals surface area contributed by atoms with E-state index in [9.17, 15) is 9.59 Å². The highest BCUT2D eigenvalue weighted by Crippen LogP contribution is 2.13. The van der Waals surface area contributed by atoms with Crippen molar-refractivity contribution >= 4 is 29.2 Å². The molecule has 0 spiro atoms. The molecule has 2 rings (SSSR count). The molecule has 7 heteroatoms. The summed E-state index contributed by atoms with van der Waals surface area (Å²) in [6, 6.07) is 7.53. The molecule has 0 saturated carbocycles. The van der Waals surface area contributed by atoms with E-state index in [4.69, 9.17) is 33.0 Å². The van der Waals surface area contributed by atoms with Crippen molar-refractivity contribution in [1.29, 1.82) is 0 Å². The molecular formula is C15H13Cl2NO4. The second kappa shape index (κ2) is 7.33. The van der Waals surface area contributed by atoms with Gasteiger partial charge in [-0.05, 0) is 36.8 Å². The Bertz CT molecular complexity index is 725. The standard InChI is InChI=1S/C15H13Cl2NO4/c16-11-8-13(17)14(19)18(9-11)6-1-7-22-12-4-2-10(3-5-12)15(20)21/h2-5,8-9H,1,6-7H2,(H,20,21). The summed E-state index contributed by atoms with van der Waals surface area (Å²) in [4.78, 5) is 22.5. The molecule has 116 valence electrons. The Morgan fingerprint density at radius 2 is 1.91 bits per heavy atom. The van der Waals surface area contributed by atoms with Gasteiger partial charge in [0.25, 0.3) is 5.56 Å². The van der Waals surface area contributed by atoms with Crippen LogP contribution in [0.4, 0.5) is 0 Å². The Kier molecular flexibility index (Phi) is 5.46. The summed E-state index contributed by atoms with van der Waals surface area (Å²) in [5.74, 6) is -0.412. The molecule has 5 nitrogen and oxygen atoms in total. The minimum atomic E-state index is -0.983. The lowest BCUT2D eigenvalue weighted by Crippen LogP contribution is -2.20. The Morgan fingerprint density at radius 3 is 2.55 bits per heavy atom. The molecule has 0 saturated heterocycles. The highest BCUT2D eigenvalue weighted by atomic mass is 35.5. The van der Waals surface area contributed by atoms with Crippen LogP contribution in [0.25, 0.3) is 0 Å². The number of carbonyl (C=O) groups is 1. The summed E-state index contributed by atoms with van der Waals surface area (Å²) < 4.78 is 6.92. The molecule has 0 amide bonds. The Labute approximate surface area is 136 Å². The maximum Gasteiger partial charge on any atom is 0.335 e. The van der Waals surface area contributed by atoms with E-state index in [0.29, 0.717) is 30.3 Å². The van der Waals surface area contributed by atoms with Crippen LogP contribution in [0, 0.1) is 0 Å². The molecule has 0 aliphatic carbocycles. The largest absolute Gasteiger partial charge is 0.494 e. The van der Waals surface area contributed by atoms with Gasteiger partial charge in [0, 0.05) is 12.7 Å². The predicted octanol–water partition coefficient (Wildman–Crippen LogP) is 3.32. The first-order valence-corrected chi connectivity index (χ1v) is 7.24. The number of pyridine rings is 1. The number of rotatable bonds is 6. The van der Waals surface area contributed by atoms with E-state index in [1.54, 1.807) is 12.1 Å². The van der Waals surface area contributed by atoms with Crippen molar-refractivity contribution in [1.82, 2.24) is 4.57 Å². The number of carboxylic acids is 1. The number of hydrogen-bond donors (Lipinski definition) is 1. The first kappa shape index (κ1) is 16.4. The SMILES string of the molecule is O=C(O)c1ccc(OCCCn2cc(Cl)cc(Cl)c2=O)cc1. The molecule has 2 aromatic rings. The van der Waals surface area contributed by atoms with Crippen molar-refractivity contribution < 1.29 is 14.6 Å². The number of carboxylic acid groups (broad SMARTS) is 1. The van der Waals surface area contributed by atoms with Gasteiger partial charge in [0.2, 0.25) is 0 Å². The van der Waals surface area contributed by atoms with Crippen LogP contribution in [0.5, 0.6) is 5.75 Å². The molecule has 1 N–H and O–H groups in total. The molecule has 1 aromatic carbocycles. The number of nitrogens with zero attached hydrogens (tertiary/aromatic N) is 1. The summed E-state index contributed by atoms with van der Waals surface area (Å²) >= 11 is 11.6. The topological polar surface area (TPSA) is 68.5 Å². The molecule has 1 heterocycles. The van der Waals surface area contributed by atoms with Crippen molar-refractivity contribution in [2.45, 2.75) is 13.0 Å². The molecule has 0 aliphatic rings. The maximum atomic E-state index is 11.8. The van der Waals surface area contributed by atoms with E-state index in [0.717, 1.165) is 0 Å². The fourth-order valence-corrected chi connectivity index (χ4v) is 2.36. The molecule has 0 atom stereocenters. The monoisotopic (exact) mass is 341 g/mol. The van der Waals surface area contributed by atoms with Crippen molar-refractivity contribution in [2.24, 2.45) is 0 Å². The van der Waals surface area contributed by atoms with Crippen molar-refractivity contribution in [3.8, 4) is 5.75 Å². The molecular weight excluding hydrogens is 329 g/mol. The highest BCUT2D eigenvalue weighted by molar-refractivity contribution is 6.34. The van der Waals surface area contributed by atoms with Gasteiger partial charge in [-0.2, -0.15) is 0 Å². The first-order valence-electron chi connectivity index (χ1n) is 6.49. The Hall–Kier alpha value is -1.98. The smallest absolute Gasteiger partial charge is 0.335 e. The second-order valence-electron chi connectivity index (χ2n) is 4.54. The molecule has 0 radical (unpaired) electrons. The number of aromatic nitrogens is 1. The molecule has 1 aromatic heterocycles. The number of aryl methyl sites for hydroxylation is 1. The van der Waals surface area contributed by atoms with E-state index >= 15 is 0 Å². The average Bonchev–Trinajstić information content (AvgIpc) is 2.48. The molecule has 0 fully saturated rings. The summed E-state index contributed by atoms with van der Waals surface area (Å²) in [5.41, 5.74) is -0.0932. The number of ether oxygens (including phenoxy) is 1. The third-order valence-corrected chi connectivity index (χ3v) is 3.40. The third-order valence-electron chi connectivity index (χ3n) is 2.92. The summed E-state index contributed by atoms with van der Waals surface area (Å²) in [7, 11) is 0. The van der Waals surface area contributed by atoms with Gasteiger partial charge in [-0.3, -0.25) is 4.79 Å². The second-order valence-corrected chi connectivity index (χ2v) is 5.38. The fraction of sp³-hybridized carbons (Fsp3) is 0.200. The van der Waals surface area contributed by atoms with Crippen LogP contribution in [0.2, 0.25) is 10.0 Å². The lowest BCUT2D eigenvalue weighted by molar-refractivity contribution is 0.0697. The molecule has 22 heavy (non-hydrogen) atoms. The van der Waals surface area contributed by atoms with Crippen LogP contribution in [-0.2, 0) is 6.54 Å². The van der Waals surface area contributed by atoms with Gasteiger partial charge in [-0.15, -0.1) is 0 Å². The summed E-state index contributed by atoms with van der Waals surface area (Å²) in [5, 5.41) is 9.27. The van der Waals surface area contributed by atoms with Crippen molar-refractivity contribution in [2.75, 3.05) is 6.61 Å². The lowest BCUT2D eigenvalue weighted by atomic mass is 10.2. The predicted molar refractivity (Wildman–Crippen MR) is 84.2 cm³/mol. The Morgan fingerprint density at radius 1 is 1.23 bits per heavy atom. The zero-order chi connectivity index (χ0) is 16.1. The quantitative estimate of drug-likeness (QED) is 0.818. The number of halogens is 2. The van der Waals surface area contributed by atoms with Crippen LogP contribution >= 0.6 is 23.2 Å². The van der Waals surface area contributed by atoms with Gasteiger partial charge in [-0.25, -0.2) is 4.79 Å². The van der Waals surface area contributed by atoms with Crippen LogP contribution in [0.3, 0.4) is 0 Å². The fourth-order valence-electron chi connectivity index (χ4n) is 1.85.